The molecular weight excluding hydrogens is 274 g/mol. The van der Waals surface area contributed by atoms with Crippen molar-refractivity contribution in [1.82, 2.24) is 0 Å². The first-order valence-corrected chi connectivity index (χ1v) is 7.72. The van der Waals surface area contributed by atoms with Crippen molar-refractivity contribution in [2.45, 2.75) is 38.2 Å². The van der Waals surface area contributed by atoms with Gasteiger partial charge in [0.05, 0.1) is 4.90 Å². The van der Waals surface area contributed by atoms with Gasteiger partial charge in [0.15, 0.2) is 6.10 Å². The molecule has 0 aliphatic heterocycles. The van der Waals surface area contributed by atoms with Gasteiger partial charge in [-0.2, -0.15) is 5.26 Å². The Morgan fingerprint density at radius 1 is 1.39 bits per heavy atom. The zero-order valence-corrected chi connectivity index (χ0v) is 12.0. The lowest BCUT2D eigenvalue weighted by Crippen LogP contribution is -2.13. The molecule has 0 aromatic heterocycles. The van der Waals surface area contributed by atoms with Crippen LogP contribution in [-0.2, 0) is 9.05 Å². The van der Waals surface area contributed by atoms with E-state index < -0.39 is 15.2 Å². The molecule has 1 aromatic carbocycles. The minimum atomic E-state index is -3.76. The Morgan fingerprint density at radius 3 is 2.44 bits per heavy atom. The number of nitrogens with zero attached hydrogens (tertiary/aromatic N) is 1. The van der Waals surface area contributed by atoms with E-state index in [9.17, 15) is 8.42 Å². The van der Waals surface area contributed by atoms with Gasteiger partial charge in [-0.05, 0) is 43.5 Å². The zero-order chi connectivity index (χ0) is 13.9. The summed E-state index contributed by atoms with van der Waals surface area (Å²) in [5.74, 6) is 0.505. The molecule has 0 fully saturated rings. The predicted molar refractivity (Wildman–Crippen MR) is 69.3 cm³/mol. The third kappa shape index (κ3) is 3.37. The summed E-state index contributed by atoms with van der Waals surface area (Å²) in [5.41, 5.74) is 1.13. The topological polar surface area (TPSA) is 67.2 Å². The zero-order valence-electron chi connectivity index (χ0n) is 10.4. The molecule has 0 bridgehead atoms. The number of hydrogen-bond acceptors (Lipinski definition) is 4. The Hall–Kier alpha value is -1.25. The Labute approximate surface area is 112 Å². The Morgan fingerprint density at radius 2 is 2.00 bits per heavy atom. The van der Waals surface area contributed by atoms with Crippen LogP contribution in [0.5, 0.6) is 5.75 Å². The van der Waals surface area contributed by atoms with Crippen LogP contribution in [0.25, 0.3) is 0 Å². The number of ether oxygens (including phenoxy) is 1. The number of nitriles is 1. The van der Waals surface area contributed by atoms with E-state index in [2.05, 4.69) is 0 Å². The molecule has 6 heteroatoms. The van der Waals surface area contributed by atoms with E-state index in [1.165, 1.54) is 6.07 Å². The molecule has 1 unspecified atom stereocenters. The first-order chi connectivity index (χ1) is 8.29. The maximum atomic E-state index is 11.3. The first kappa shape index (κ1) is 14.8. The fourth-order valence-electron chi connectivity index (χ4n) is 1.51. The van der Waals surface area contributed by atoms with E-state index >= 15 is 0 Å². The molecule has 0 saturated heterocycles. The van der Waals surface area contributed by atoms with E-state index in [1.807, 2.05) is 13.0 Å². The van der Waals surface area contributed by atoms with Crippen molar-refractivity contribution >= 4 is 19.7 Å². The second-order valence-electron chi connectivity index (χ2n) is 3.96. The number of hydrogen-bond donors (Lipinski definition) is 0. The van der Waals surface area contributed by atoms with E-state index in [-0.39, 0.29) is 4.90 Å². The molecule has 0 spiro atoms. The Kier molecular flexibility index (Phi) is 4.60. The van der Waals surface area contributed by atoms with Gasteiger partial charge < -0.3 is 4.74 Å². The van der Waals surface area contributed by atoms with Gasteiger partial charge in [0.2, 0.25) is 0 Å². The summed E-state index contributed by atoms with van der Waals surface area (Å²) in [7, 11) is 1.57. The highest BCUT2D eigenvalue weighted by Gasteiger charge is 2.17. The lowest BCUT2D eigenvalue weighted by molar-refractivity contribution is 0.250. The maximum absolute atomic E-state index is 11.3. The summed E-state index contributed by atoms with van der Waals surface area (Å²) in [6, 6.07) is 5.07. The number of benzene rings is 1. The highest BCUT2D eigenvalue weighted by Crippen LogP contribution is 2.28. The van der Waals surface area contributed by atoms with Crippen LogP contribution in [0.2, 0.25) is 0 Å². The lowest BCUT2D eigenvalue weighted by atomic mass is 10.1. The second kappa shape index (κ2) is 5.59. The van der Waals surface area contributed by atoms with Gasteiger partial charge in [-0.1, -0.05) is 6.92 Å². The van der Waals surface area contributed by atoms with Crippen LogP contribution in [0.4, 0.5) is 0 Å². The van der Waals surface area contributed by atoms with Crippen molar-refractivity contribution in [2.75, 3.05) is 0 Å². The van der Waals surface area contributed by atoms with Crippen molar-refractivity contribution in [1.29, 1.82) is 5.26 Å². The van der Waals surface area contributed by atoms with Gasteiger partial charge in [0, 0.05) is 10.7 Å². The molecule has 0 saturated carbocycles. The summed E-state index contributed by atoms with van der Waals surface area (Å²) in [6.45, 7) is 5.19. The standard InChI is InChI=1S/C12H14ClNO3S/c1-4-10(7-14)17-11-5-9(3)12(6-8(11)2)18(13,15)16/h5-6,10H,4H2,1-3H3. The monoisotopic (exact) mass is 287 g/mol. The Balaban J connectivity index is 3.21. The van der Waals surface area contributed by atoms with E-state index in [0.717, 1.165) is 0 Å². The van der Waals surface area contributed by atoms with Crippen molar-refractivity contribution in [3.8, 4) is 11.8 Å². The first-order valence-electron chi connectivity index (χ1n) is 5.41. The predicted octanol–water partition coefficient (Wildman–Crippen LogP) is 2.91. The molecule has 18 heavy (non-hydrogen) atoms. The number of aryl methyl sites for hydroxylation is 2. The van der Waals surface area contributed by atoms with Crippen molar-refractivity contribution in [3.63, 3.8) is 0 Å². The lowest BCUT2D eigenvalue weighted by Gasteiger charge is -2.14. The van der Waals surface area contributed by atoms with Crippen LogP contribution in [0.1, 0.15) is 24.5 Å². The van der Waals surface area contributed by atoms with Gasteiger partial charge in [0.1, 0.15) is 11.8 Å². The van der Waals surface area contributed by atoms with E-state index in [1.54, 1.807) is 19.9 Å². The molecule has 0 aliphatic carbocycles. The third-order valence-electron chi connectivity index (χ3n) is 2.52. The minimum absolute atomic E-state index is 0.0685. The quantitative estimate of drug-likeness (QED) is 0.799. The second-order valence-corrected chi connectivity index (χ2v) is 6.50. The molecule has 0 heterocycles. The van der Waals surface area contributed by atoms with Crippen LogP contribution >= 0.6 is 10.7 Å². The Bertz CT molecular complexity index is 590. The van der Waals surface area contributed by atoms with Crippen LogP contribution in [0, 0.1) is 25.2 Å². The summed E-state index contributed by atoms with van der Waals surface area (Å²) in [5, 5.41) is 8.84. The molecule has 0 radical (unpaired) electrons. The van der Waals surface area contributed by atoms with Gasteiger partial charge in [-0.15, -0.1) is 0 Å². The molecule has 0 amide bonds. The van der Waals surface area contributed by atoms with E-state index in [4.69, 9.17) is 20.7 Å². The van der Waals surface area contributed by atoms with Crippen LogP contribution < -0.4 is 4.74 Å². The normalized spacial score (nSPS) is 12.8. The highest BCUT2D eigenvalue weighted by atomic mass is 35.7. The van der Waals surface area contributed by atoms with Gasteiger partial charge >= 0.3 is 0 Å². The summed E-state index contributed by atoms with van der Waals surface area (Å²) < 4.78 is 28.1. The van der Waals surface area contributed by atoms with Crippen LogP contribution in [0.15, 0.2) is 17.0 Å². The van der Waals surface area contributed by atoms with E-state index in [0.29, 0.717) is 23.3 Å². The number of halogens is 1. The third-order valence-corrected chi connectivity index (χ3v) is 3.98. The largest absolute Gasteiger partial charge is 0.475 e. The van der Waals surface area contributed by atoms with Gasteiger partial charge in [0.25, 0.3) is 9.05 Å². The molecule has 98 valence electrons. The fraction of sp³-hybridized carbons (Fsp3) is 0.417. The molecule has 0 N–H and O–H groups in total. The van der Waals surface area contributed by atoms with Crippen molar-refractivity contribution in [2.24, 2.45) is 0 Å². The summed E-state index contributed by atoms with van der Waals surface area (Å²) >= 11 is 0. The molecular formula is C12H14ClNO3S. The SMILES string of the molecule is CCC(C#N)Oc1cc(C)c(S(=O)(=O)Cl)cc1C. The molecule has 1 atom stereocenters. The van der Waals surface area contributed by atoms with Gasteiger partial charge in [-0.25, -0.2) is 8.42 Å². The summed E-state index contributed by atoms with van der Waals surface area (Å²) in [4.78, 5) is 0.0685. The number of rotatable bonds is 4. The molecule has 4 nitrogen and oxygen atoms in total. The molecule has 1 rings (SSSR count). The average Bonchev–Trinajstić information content (AvgIpc) is 2.28. The van der Waals surface area contributed by atoms with Crippen molar-refractivity contribution in [3.05, 3.63) is 23.3 Å². The maximum Gasteiger partial charge on any atom is 0.261 e. The fourth-order valence-corrected chi connectivity index (χ4v) is 2.77. The van der Waals surface area contributed by atoms with Crippen molar-refractivity contribution < 1.29 is 13.2 Å². The highest BCUT2D eigenvalue weighted by molar-refractivity contribution is 8.13. The minimum Gasteiger partial charge on any atom is -0.475 e. The summed E-state index contributed by atoms with van der Waals surface area (Å²) in [6.07, 6.45) is 0.0198. The molecule has 1 aromatic rings. The smallest absolute Gasteiger partial charge is 0.261 e. The average molecular weight is 288 g/mol. The van der Waals surface area contributed by atoms with Gasteiger partial charge in [-0.3, -0.25) is 0 Å². The van der Waals surface area contributed by atoms with Crippen LogP contribution in [-0.4, -0.2) is 14.5 Å². The molecule has 0 aliphatic rings. The van der Waals surface area contributed by atoms with Crippen LogP contribution in [0.3, 0.4) is 0 Å².